The lowest BCUT2D eigenvalue weighted by atomic mass is 9.74. The zero-order valence-electron chi connectivity index (χ0n) is 13.9. The molecule has 2 aromatic rings. The van der Waals surface area contributed by atoms with E-state index in [9.17, 15) is 9.90 Å². The van der Waals surface area contributed by atoms with Gasteiger partial charge in [-0.3, -0.25) is 9.69 Å². The third kappa shape index (κ3) is 3.12. The number of rotatable bonds is 4. The second-order valence-corrected chi connectivity index (χ2v) is 7.77. The number of hydrogen-bond donors (Lipinski definition) is 1. The first-order valence-electron chi connectivity index (χ1n) is 8.61. The van der Waals surface area contributed by atoms with Crippen molar-refractivity contribution in [1.29, 1.82) is 0 Å². The summed E-state index contributed by atoms with van der Waals surface area (Å²) in [5.41, 5.74) is 2.42. The van der Waals surface area contributed by atoms with Crippen molar-refractivity contribution in [3.8, 4) is 0 Å². The van der Waals surface area contributed by atoms with Crippen molar-refractivity contribution in [2.45, 2.75) is 24.5 Å². The minimum absolute atomic E-state index is 0.0155. The molecule has 2 aliphatic rings. The van der Waals surface area contributed by atoms with Gasteiger partial charge in [0.15, 0.2) is 0 Å². The molecule has 5 heteroatoms. The molecule has 25 heavy (non-hydrogen) atoms. The summed E-state index contributed by atoms with van der Waals surface area (Å²) in [7, 11) is 0. The third-order valence-corrected chi connectivity index (χ3v) is 5.86. The highest BCUT2D eigenvalue weighted by atomic mass is 79.9. The number of aliphatic hydroxyl groups is 1. The fourth-order valence-corrected chi connectivity index (χ4v) is 4.48. The molecule has 1 N–H and O–H groups in total. The molecule has 130 valence electrons. The molecular weight excluding hydrogens is 380 g/mol. The van der Waals surface area contributed by atoms with Crippen LogP contribution in [0.15, 0.2) is 59.1 Å². The fourth-order valence-electron chi connectivity index (χ4n) is 4.21. The van der Waals surface area contributed by atoms with Crippen LogP contribution in [0.4, 0.5) is 0 Å². The van der Waals surface area contributed by atoms with Crippen LogP contribution in [0, 0.1) is 0 Å². The first-order valence-corrected chi connectivity index (χ1v) is 9.40. The highest BCUT2D eigenvalue weighted by Crippen LogP contribution is 2.43. The predicted octanol–water partition coefficient (Wildman–Crippen LogP) is 2.62. The molecule has 3 atom stereocenters. The van der Waals surface area contributed by atoms with E-state index in [0.29, 0.717) is 6.54 Å². The van der Waals surface area contributed by atoms with Crippen LogP contribution in [0.3, 0.4) is 0 Å². The van der Waals surface area contributed by atoms with Crippen molar-refractivity contribution in [1.82, 2.24) is 9.80 Å². The predicted molar refractivity (Wildman–Crippen MR) is 100 cm³/mol. The van der Waals surface area contributed by atoms with Gasteiger partial charge >= 0.3 is 0 Å². The summed E-state index contributed by atoms with van der Waals surface area (Å²) in [5, 5.41) is 9.81. The lowest BCUT2D eigenvalue weighted by Crippen LogP contribution is -2.72. The van der Waals surface area contributed by atoms with Crippen LogP contribution < -0.4 is 0 Å². The lowest BCUT2D eigenvalue weighted by molar-refractivity contribution is -0.162. The van der Waals surface area contributed by atoms with Crippen molar-refractivity contribution >= 4 is 21.8 Å². The van der Waals surface area contributed by atoms with Crippen LogP contribution in [0.5, 0.6) is 0 Å². The monoisotopic (exact) mass is 400 g/mol. The number of piperazine rings is 1. The van der Waals surface area contributed by atoms with E-state index in [2.05, 4.69) is 45.1 Å². The third-order valence-electron chi connectivity index (χ3n) is 5.33. The molecule has 4 nitrogen and oxygen atoms in total. The molecule has 0 radical (unpaired) electrons. The Labute approximate surface area is 156 Å². The Morgan fingerprint density at radius 1 is 1.08 bits per heavy atom. The maximum atomic E-state index is 12.6. The molecule has 0 aromatic heterocycles. The summed E-state index contributed by atoms with van der Waals surface area (Å²) in [6.07, 6.45) is 0. The molecule has 4 rings (SSSR count). The first kappa shape index (κ1) is 16.8. The number of carbonyl (C=O) groups is 1. The summed E-state index contributed by atoms with van der Waals surface area (Å²) >= 11 is 3.47. The number of carbonyl (C=O) groups excluding carboxylic acids is 1. The van der Waals surface area contributed by atoms with Crippen LogP contribution in [0.25, 0.3) is 0 Å². The molecule has 0 bridgehead atoms. The zero-order valence-corrected chi connectivity index (χ0v) is 15.5. The van der Waals surface area contributed by atoms with Crippen LogP contribution in [-0.2, 0) is 11.3 Å². The number of halogens is 1. The number of aliphatic hydroxyl groups excluding tert-OH is 1. The normalized spacial score (nSPS) is 26.2. The Kier molecular flexibility index (Phi) is 4.63. The van der Waals surface area contributed by atoms with E-state index in [4.69, 9.17) is 0 Å². The van der Waals surface area contributed by atoms with Crippen LogP contribution in [-0.4, -0.2) is 52.6 Å². The van der Waals surface area contributed by atoms with Gasteiger partial charge in [0, 0.05) is 23.5 Å². The Morgan fingerprint density at radius 3 is 2.48 bits per heavy atom. The van der Waals surface area contributed by atoms with Gasteiger partial charge < -0.3 is 10.0 Å². The molecule has 2 saturated heterocycles. The smallest absolute Gasteiger partial charge is 0.237 e. The summed E-state index contributed by atoms with van der Waals surface area (Å²) in [6, 6.07) is 18.5. The SMILES string of the molecule is O=C1CN(Cc2ccccc2)C[C@H]2[C@H](c3ccc(Br)cc3)[C@@H](CO)N12. The molecule has 0 aliphatic carbocycles. The van der Waals surface area contributed by atoms with Crippen LogP contribution in [0.2, 0.25) is 0 Å². The molecule has 0 unspecified atom stereocenters. The minimum Gasteiger partial charge on any atom is -0.394 e. The number of fused-ring (bicyclic) bond motifs is 1. The van der Waals surface area contributed by atoms with Crippen LogP contribution >= 0.6 is 15.9 Å². The van der Waals surface area contributed by atoms with Gasteiger partial charge in [0.2, 0.25) is 5.91 Å². The Hall–Kier alpha value is -1.69. The van der Waals surface area contributed by atoms with E-state index < -0.39 is 0 Å². The second kappa shape index (κ2) is 6.90. The Morgan fingerprint density at radius 2 is 1.80 bits per heavy atom. The van der Waals surface area contributed by atoms with Crippen molar-refractivity contribution in [3.63, 3.8) is 0 Å². The molecule has 1 amide bonds. The van der Waals surface area contributed by atoms with Gasteiger partial charge in [-0.25, -0.2) is 0 Å². The average Bonchev–Trinajstić information content (AvgIpc) is 2.60. The number of benzene rings is 2. The second-order valence-electron chi connectivity index (χ2n) is 6.85. The van der Waals surface area contributed by atoms with Gasteiger partial charge in [-0.2, -0.15) is 0 Å². The number of amides is 1. The van der Waals surface area contributed by atoms with E-state index in [1.807, 2.05) is 35.2 Å². The molecule has 2 fully saturated rings. The molecular formula is C20H21BrN2O2. The van der Waals surface area contributed by atoms with Gasteiger partial charge in [0.05, 0.1) is 25.2 Å². The topological polar surface area (TPSA) is 43.8 Å². The molecule has 2 heterocycles. The number of hydrogen-bond acceptors (Lipinski definition) is 3. The maximum Gasteiger partial charge on any atom is 0.237 e. The van der Waals surface area contributed by atoms with Gasteiger partial charge in [0.25, 0.3) is 0 Å². The fraction of sp³-hybridized carbons (Fsp3) is 0.350. The quantitative estimate of drug-likeness (QED) is 0.857. The molecule has 0 spiro atoms. The maximum absolute atomic E-state index is 12.6. The minimum atomic E-state index is -0.0995. The largest absolute Gasteiger partial charge is 0.394 e. The summed E-state index contributed by atoms with van der Waals surface area (Å²) in [5.74, 6) is 0.320. The van der Waals surface area contributed by atoms with Crippen molar-refractivity contribution < 1.29 is 9.90 Å². The Bertz CT molecular complexity index is 750. The van der Waals surface area contributed by atoms with E-state index in [1.54, 1.807) is 0 Å². The zero-order chi connectivity index (χ0) is 17.4. The summed E-state index contributed by atoms with van der Waals surface area (Å²) in [4.78, 5) is 16.7. The van der Waals surface area contributed by atoms with Gasteiger partial charge in [-0.15, -0.1) is 0 Å². The van der Waals surface area contributed by atoms with Crippen molar-refractivity contribution in [3.05, 3.63) is 70.2 Å². The molecule has 0 saturated carbocycles. The standard InChI is InChI=1S/C20H21BrN2O2/c21-16-8-6-15(7-9-16)20-17-11-22(10-14-4-2-1-3-5-14)12-19(25)23(17)18(20)13-24/h1-9,17-18,20,24H,10-13H2/t17-,18+,20-/m0/s1. The van der Waals surface area contributed by atoms with E-state index >= 15 is 0 Å². The summed E-state index contributed by atoms with van der Waals surface area (Å²) in [6.45, 7) is 2.07. The highest BCUT2D eigenvalue weighted by molar-refractivity contribution is 9.10. The summed E-state index contributed by atoms with van der Waals surface area (Å²) < 4.78 is 1.04. The van der Waals surface area contributed by atoms with E-state index in [0.717, 1.165) is 17.6 Å². The van der Waals surface area contributed by atoms with Gasteiger partial charge in [-0.05, 0) is 23.3 Å². The van der Waals surface area contributed by atoms with Crippen LogP contribution in [0.1, 0.15) is 17.0 Å². The Balaban J connectivity index is 1.54. The first-order chi connectivity index (χ1) is 12.2. The number of nitrogens with zero attached hydrogens (tertiary/aromatic N) is 2. The lowest BCUT2D eigenvalue weighted by Gasteiger charge is -2.59. The average molecular weight is 401 g/mol. The van der Waals surface area contributed by atoms with Gasteiger partial charge in [0.1, 0.15) is 0 Å². The van der Waals surface area contributed by atoms with Crippen molar-refractivity contribution in [2.75, 3.05) is 19.7 Å². The molecule has 2 aliphatic heterocycles. The molecule has 2 aromatic carbocycles. The van der Waals surface area contributed by atoms with Gasteiger partial charge in [-0.1, -0.05) is 58.4 Å². The van der Waals surface area contributed by atoms with Crippen molar-refractivity contribution in [2.24, 2.45) is 0 Å². The van der Waals surface area contributed by atoms with E-state index in [1.165, 1.54) is 11.1 Å². The highest BCUT2D eigenvalue weighted by Gasteiger charge is 2.53. The van der Waals surface area contributed by atoms with E-state index in [-0.39, 0.29) is 30.5 Å².